The van der Waals surface area contributed by atoms with Crippen molar-refractivity contribution in [1.29, 1.82) is 0 Å². The average Bonchev–Trinajstić information content (AvgIpc) is 2.93. The van der Waals surface area contributed by atoms with Crippen molar-refractivity contribution in [3.63, 3.8) is 0 Å². The van der Waals surface area contributed by atoms with Gasteiger partial charge in [-0.05, 0) is 19.8 Å². The SMILES string of the molecule is CCC1OCCC1CNc1nc(C(C)C)nc(NN)c1C. The molecule has 2 rings (SSSR count). The van der Waals surface area contributed by atoms with Gasteiger partial charge in [0.1, 0.15) is 17.5 Å². The van der Waals surface area contributed by atoms with Crippen LogP contribution in [0.2, 0.25) is 0 Å². The maximum atomic E-state index is 5.74. The Balaban J connectivity index is 2.13. The summed E-state index contributed by atoms with van der Waals surface area (Å²) < 4.78 is 5.74. The number of hydrogen-bond donors (Lipinski definition) is 3. The zero-order valence-electron chi connectivity index (χ0n) is 13.4. The molecule has 1 aromatic heterocycles. The van der Waals surface area contributed by atoms with E-state index < -0.39 is 0 Å². The number of ether oxygens (including phenoxy) is 1. The van der Waals surface area contributed by atoms with Crippen LogP contribution in [-0.2, 0) is 4.74 Å². The second-order valence-electron chi connectivity index (χ2n) is 5.95. The first-order chi connectivity index (χ1) is 10.1. The Morgan fingerprint density at radius 2 is 2.05 bits per heavy atom. The highest BCUT2D eigenvalue weighted by molar-refractivity contribution is 5.56. The molecule has 0 saturated carbocycles. The van der Waals surface area contributed by atoms with E-state index in [0.29, 0.717) is 17.8 Å². The van der Waals surface area contributed by atoms with Gasteiger partial charge < -0.3 is 15.5 Å². The van der Waals surface area contributed by atoms with E-state index in [-0.39, 0.29) is 5.92 Å². The summed E-state index contributed by atoms with van der Waals surface area (Å²) in [5.74, 6) is 8.71. The number of aromatic nitrogens is 2. The lowest BCUT2D eigenvalue weighted by atomic mass is 9.99. The Hall–Kier alpha value is -1.40. The van der Waals surface area contributed by atoms with E-state index >= 15 is 0 Å². The molecule has 118 valence electrons. The third-order valence-corrected chi connectivity index (χ3v) is 4.10. The van der Waals surface area contributed by atoms with E-state index in [1.165, 1.54) is 0 Å². The Morgan fingerprint density at radius 1 is 1.33 bits per heavy atom. The maximum absolute atomic E-state index is 5.74. The van der Waals surface area contributed by atoms with Crippen molar-refractivity contribution in [2.75, 3.05) is 23.9 Å². The Morgan fingerprint density at radius 3 is 2.67 bits per heavy atom. The summed E-state index contributed by atoms with van der Waals surface area (Å²) in [7, 11) is 0. The summed E-state index contributed by atoms with van der Waals surface area (Å²) in [6, 6.07) is 0. The van der Waals surface area contributed by atoms with Crippen molar-refractivity contribution in [2.45, 2.75) is 52.6 Å². The number of hydrazine groups is 1. The predicted octanol–water partition coefficient (Wildman–Crippen LogP) is 2.42. The minimum absolute atomic E-state index is 0.261. The van der Waals surface area contributed by atoms with Gasteiger partial charge in [-0.3, -0.25) is 0 Å². The fraction of sp³-hybridized carbons (Fsp3) is 0.733. The first kappa shape index (κ1) is 16.0. The van der Waals surface area contributed by atoms with Crippen LogP contribution >= 0.6 is 0 Å². The number of nitrogen functional groups attached to an aromatic ring is 1. The Kier molecular flexibility index (Phi) is 5.36. The molecule has 1 aliphatic heterocycles. The molecule has 1 aliphatic rings. The second-order valence-corrected chi connectivity index (χ2v) is 5.95. The van der Waals surface area contributed by atoms with Crippen molar-refractivity contribution >= 4 is 11.6 Å². The second kappa shape index (κ2) is 7.04. The fourth-order valence-corrected chi connectivity index (χ4v) is 2.71. The molecule has 21 heavy (non-hydrogen) atoms. The van der Waals surface area contributed by atoms with E-state index in [2.05, 4.69) is 41.5 Å². The van der Waals surface area contributed by atoms with Crippen LogP contribution in [-0.4, -0.2) is 29.2 Å². The van der Waals surface area contributed by atoms with Gasteiger partial charge in [-0.2, -0.15) is 0 Å². The van der Waals surface area contributed by atoms with Gasteiger partial charge in [-0.15, -0.1) is 0 Å². The van der Waals surface area contributed by atoms with Crippen LogP contribution in [0, 0.1) is 12.8 Å². The lowest BCUT2D eigenvalue weighted by Gasteiger charge is -2.20. The van der Waals surface area contributed by atoms with Crippen LogP contribution in [0.15, 0.2) is 0 Å². The highest BCUT2D eigenvalue weighted by atomic mass is 16.5. The molecule has 0 amide bonds. The quantitative estimate of drug-likeness (QED) is 0.552. The van der Waals surface area contributed by atoms with E-state index in [0.717, 1.165) is 43.2 Å². The van der Waals surface area contributed by atoms with E-state index in [1.54, 1.807) is 0 Å². The van der Waals surface area contributed by atoms with Crippen molar-refractivity contribution in [3.8, 4) is 0 Å². The maximum Gasteiger partial charge on any atom is 0.148 e. The van der Waals surface area contributed by atoms with Gasteiger partial charge in [0.05, 0.1) is 6.10 Å². The van der Waals surface area contributed by atoms with Crippen LogP contribution in [0.1, 0.15) is 50.9 Å². The molecule has 1 aromatic rings. The van der Waals surface area contributed by atoms with Crippen LogP contribution in [0.5, 0.6) is 0 Å². The lowest BCUT2D eigenvalue weighted by Crippen LogP contribution is -2.24. The van der Waals surface area contributed by atoms with Crippen molar-refractivity contribution in [1.82, 2.24) is 9.97 Å². The highest BCUT2D eigenvalue weighted by Gasteiger charge is 2.26. The molecular weight excluding hydrogens is 266 g/mol. The number of nitrogens with two attached hydrogens (primary N) is 1. The summed E-state index contributed by atoms with van der Waals surface area (Å²) in [6.07, 6.45) is 2.52. The highest BCUT2D eigenvalue weighted by Crippen LogP contribution is 2.26. The number of nitrogens with one attached hydrogen (secondary N) is 2. The van der Waals surface area contributed by atoms with Gasteiger partial charge in [0.2, 0.25) is 0 Å². The Bertz CT molecular complexity index is 477. The first-order valence-electron chi connectivity index (χ1n) is 7.77. The molecule has 2 atom stereocenters. The topological polar surface area (TPSA) is 85.1 Å². The molecule has 2 heterocycles. The van der Waals surface area contributed by atoms with Crippen LogP contribution in [0.3, 0.4) is 0 Å². The van der Waals surface area contributed by atoms with Gasteiger partial charge >= 0.3 is 0 Å². The third-order valence-electron chi connectivity index (χ3n) is 4.10. The zero-order chi connectivity index (χ0) is 15.4. The molecule has 1 fully saturated rings. The molecule has 0 aliphatic carbocycles. The largest absolute Gasteiger partial charge is 0.378 e. The third kappa shape index (κ3) is 3.63. The lowest BCUT2D eigenvalue weighted by molar-refractivity contribution is 0.0900. The predicted molar refractivity (Wildman–Crippen MR) is 85.3 cm³/mol. The van der Waals surface area contributed by atoms with Gasteiger partial charge in [0.15, 0.2) is 0 Å². The van der Waals surface area contributed by atoms with Gasteiger partial charge in [0.25, 0.3) is 0 Å². The number of rotatable bonds is 6. The minimum Gasteiger partial charge on any atom is -0.378 e. The summed E-state index contributed by atoms with van der Waals surface area (Å²) in [5, 5.41) is 3.46. The molecule has 6 heteroatoms. The van der Waals surface area contributed by atoms with E-state index in [1.807, 2.05) is 6.92 Å². The number of nitrogens with zero attached hydrogens (tertiary/aromatic N) is 2. The fourth-order valence-electron chi connectivity index (χ4n) is 2.71. The zero-order valence-corrected chi connectivity index (χ0v) is 13.4. The van der Waals surface area contributed by atoms with Crippen molar-refractivity contribution in [2.24, 2.45) is 11.8 Å². The first-order valence-corrected chi connectivity index (χ1v) is 7.77. The molecule has 1 saturated heterocycles. The minimum atomic E-state index is 0.261. The molecular formula is C15H27N5O. The molecule has 0 bridgehead atoms. The van der Waals surface area contributed by atoms with E-state index in [4.69, 9.17) is 10.6 Å². The van der Waals surface area contributed by atoms with Crippen LogP contribution in [0.4, 0.5) is 11.6 Å². The van der Waals surface area contributed by atoms with E-state index in [9.17, 15) is 0 Å². The van der Waals surface area contributed by atoms with Gasteiger partial charge in [0, 0.05) is 30.6 Å². The molecule has 4 N–H and O–H groups in total. The molecule has 0 aromatic carbocycles. The number of anilines is 2. The molecule has 0 radical (unpaired) electrons. The molecule has 2 unspecified atom stereocenters. The summed E-state index contributed by atoms with van der Waals surface area (Å²) >= 11 is 0. The van der Waals surface area contributed by atoms with Crippen LogP contribution in [0.25, 0.3) is 0 Å². The average molecular weight is 293 g/mol. The van der Waals surface area contributed by atoms with Crippen molar-refractivity contribution in [3.05, 3.63) is 11.4 Å². The smallest absolute Gasteiger partial charge is 0.148 e. The monoisotopic (exact) mass is 293 g/mol. The standard InChI is InChI=1S/C15H27N5O/c1-5-12-11(6-7-21-12)8-17-14-10(4)15(20-16)19-13(18-14)9(2)3/h9,11-12H,5-8,16H2,1-4H3,(H2,17,18,19,20). The molecule has 6 nitrogen and oxygen atoms in total. The summed E-state index contributed by atoms with van der Waals surface area (Å²) in [4.78, 5) is 9.08. The van der Waals surface area contributed by atoms with Crippen molar-refractivity contribution < 1.29 is 4.74 Å². The van der Waals surface area contributed by atoms with Crippen LogP contribution < -0.4 is 16.6 Å². The summed E-state index contributed by atoms with van der Waals surface area (Å²) in [6.45, 7) is 10.0. The van der Waals surface area contributed by atoms with Gasteiger partial charge in [-0.1, -0.05) is 20.8 Å². The summed E-state index contributed by atoms with van der Waals surface area (Å²) in [5.41, 5.74) is 3.62. The molecule has 0 spiro atoms. The Labute approximate surface area is 126 Å². The normalized spacial score (nSPS) is 21.8. The number of hydrogen-bond acceptors (Lipinski definition) is 6. The van der Waals surface area contributed by atoms with Gasteiger partial charge in [-0.25, -0.2) is 15.8 Å².